The number of ether oxygens (including phenoxy) is 1. The Kier molecular flexibility index (Phi) is 8.48. The van der Waals surface area contributed by atoms with Crippen LogP contribution in [0.25, 0.3) is 11.1 Å². The van der Waals surface area contributed by atoms with Gasteiger partial charge in [-0.3, -0.25) is 19.2 Å². The number of nitrogens with zero attached hydrogens (tertiary/aromatic N) is 1. The molecule has 1 atom stereocenters. The maximum Gasteiger partial charge on any atom is 0.308 e. The summed E-state index contributed by atoms with van der Waals surface area (Å²) in [5.41, 5.74) is 0.286. The molecule has 0 saturated heterocycles. The molecule has 2 rings (SSSR count). The predicted octanol–water partition coefficient (Wildman–Crippen LogP) is 3.02. The highest BCUT2D eigenvalue weighted by Crippen LogP contribution is 2.31. The number of thioether (sulfide) groups is 1. The van der Waals surface area contributed by atoms with Crippen molar-refractivity contribution in [2.45, 2.75) is 19.9 Å². The van der Waals surface area contributed by atoms with Gasteiger partial charge in [-0.2, -0.15) is 0 Å². The van der Waals surface area contributed by atoms with Crippen molar-refractivity contribution in [3.05, 3.63) is 53.6 Å². The minimum atomic E-state index is -0.952. The highest BCUT2D eigenvalue weighted by atomic mass is 32.2. The van der Waals surface area contributed by atoms with Crippen LogP contribution in [0.5, 0.6) is 5.75 Å². The molecule has 0 aliphatic heterocycles. The lowest BCUT2D eigenvalue weighted by Crippen LogP contribution is -2.47. The Morgan fingerprint density at radius 1 is 1.06 bits per heavy atom. The van der Waals surface area contributed by atoms with E-state index in [2.05, 4.69) is 5.32 Å². The molecule has 0 saturated carbocycles. The first-order valence-corrected chi connectivity index (χ1v) is 10.4. The van der Waals surface area contributed by atoms with Gasteiger partial charge in [0.05, 0.1) is 5.56 Å². The molecule has 0 heterocycles. The Bertz CT molecular complexity index is 1060. The van der Waals surface area contributed by atoms with Crippen LogP contribution in [0.3, 0.4) is 0 Å². The van der Waals surface area contributed by atoms with E-state index in [1.54, 1.807) is 0 Å². The molecule has 7 nitrogen and oxygen atoms in total. The summed E-state index contributed by atoms with van der Waals surface area (Å²) in [4.78, 5) is 49.4. The SMILES string of the molecule is CC(=O)N[C@@H](CSC(=O)c1cc(-c2ccc(F)cc2F)ccc1OC(C)=O)C(=O)N(C)C. The van der Waals surface area contributed by atoms with E-state index in [4.69, 9.17) is 4.74 Å². The summed E-state index contributed by atoms with van der Waals surface area (Å²) in [5, 5.41) is 1.93. The first kappa shape index (κ1) is 25.0. The third-order valence-corrected chi connectivity index (χ3v) is 5.17. The third kappa shape index (κ3) is 6.61. The van der Waals surface area contributed by atoms with Gasteiger partial charge in [0.2, 0.25) is 16.9 Å². The predicted molar refractivity (Wildman–Crippen MR) is 116 cm³/mol. The number of likely N-dealkylation sites (N-methyl/N-ethyl adjacent to an activating group) is 1. The average Bonchev–Trinajstić information content (AvgIpc) is 2.70. The second kappa shape index (κ2) is 10.9. The fourth-order valence-electron chi connectivity index (χ4n) is 2.79. The molecule has 0 unspecified atom stereocenters. The van der Waals surface area contributed by atoms with Crippen molar-refractivity contribution in [1.82, 2.24) is 10.2 Å². The molecule has 170 valence electrons. The summed E-state index contributed by atoms with van der Waals surface area (Å²) in [6.07, 6.45) is 0. The molecule has 0 spiro atoms. The number of hydrogen-bond donors (Lipinski definition) is 1. The van der Waals surface area contributed by atoms with Crippen LogP contribution in [-0.4, -0.2) is 53.7 Å². The quantitative estimate of drug-likeness (QED) is 0.500. The van der Waals surface area contributed by atoms with Crippen LogP contribution < -0.4 is 10.1 Å². The van der Waals surface area contributed by atoms with Gasteiger partial charge in [0.25, 0.3) is 0 Å². The topological polar surface area (TPSA) is 92.8 Å². The summed E-state index contributed by atoms with van der Waals surface area (Å²) < 4.78 is 32.6. The minimum Gasteiger partial charge on any atom is -0.426 e. The van der Waals surface area contributed by atoms with Gasteiger partial charge in [-0.05, 0) is 29.8 Å². The Morgan fingerprint density at radius 2 is 1.75 bits per heavy atom. The molecule has 0 aliphatic carbocycles. The average molecular weight is 464 g/mol. The molecule has 2 aromatic carbocycles. The maximum atomic E-state index is 14.2. The third-order valence-electron chi connectivity index (χ3n) is 4.19. The Balaban J connectivity index is 2.37. The van der Waals surface area contributed by atoms with E-state index >= 15 is 0 Å². The number of carbonyl (C=O) groups is 4. The second-order valence-electron chi connectivity index (χ2n) is 7.01. The maximum absolute atomic E-state index is 14.2. The van der Waals surface area contributed by atoms with Gasteiger partial charge in [-0.15, -0.1) is 0 Å². The fraction of sp³-hybridized carbons (Fsp3) is 0.273. The van der Waals surface area contributed by atoms with E-state index < -0.39 is 40.6 Å². The lowest BCUT2D eigenvalue weighted by atomic mass is 10.0. The molecular weight excluding hydrogens is 442 g/mol. The second-order valence-corrected chi connectivity index (χ2v) is 8.01. The molecule has 0 radical (unpaired) electrons. The van der Waals surface area contributed by atoms with Gasteiger partial charge in [-0.25, -0.2) is 8.78 Å². The molecule has 2 aromatic rings. The van der Waals surface area contributed by atoms with E-state index in [-0.39, 0.29) is 28.2 Å². The number of halogens is 2. The standard InChI is InChI=1S/C22H22F2N2O5S/c1-12(27)25-19(21(29)26(3)4)11-32-22(30)17-9-14(5-8-20(17)31-13(2)28)16-7-6-15(23)10-18(16)24/h5-10,19H,11H2,1-4H3,(H,25,27)/t19-/m0/s1. The summed E-state index contributed by atoms with van der Waals surface area (Å²) in [7, 11) is 3.03. The van der Waals surface area contributed by atoms with E-state index in [9.17, 15) is 28.0 Å². The normalized spacial score (nSPS) is 11.4. The van der Waals surface area contributed by atoms with Gasteiger partial charge < -0.3 is 15.0 Å². The van der Waals surface area contributed by atoms with Gasteiger partial charge in [-0.1, -0.05) is 17.8 Å². The number of carbonyl (C=O) groups excluding carboxylic acids is 4. The first-order chi connectivity index (χ1) is 15.0. The fourth-order valence-corrected chi connectivity index (χ4v) is 3.65. The monoisotopic (exact) mass is 464 g/mol. The van der Waals surface area contributed by atoms with Crippen LogP contribution in [-0.2, 0) is 14.4 Å². The number of nitrogens with one attached hydrogen (secondary N) is 1. The van der Waals surface area contributed by atoms with Gasteiger partial charge in [0.15, 0.2) is 0 Å². The lowest BCUT2D eigenvalue weighted by Gasteiger charge is -2.20. The molecule has 0 aromatic heterocycles. The lowest BCUT2D eigenvalue weighted by molar-refractivity contribution is -0.133. The van der Waals surface area contributed by atoms with Crippen molar-refractivity contribution < 1.29 is 32.7 Å². The van der Waals surface area contributed by atoms with Crippen LogP contribution in [0, 0.1) is 11.6 Å². The van der Waals surface area contributed by atoms with Crippen LogP contribution in [0.2, 0.25) is 0 Å². The number of benzene rings is 2. The van der Waals surface area contributed by atoms with Crippen molar-refractivity contribution in [3.8, 4) is 16.9 Å². The van der Waals surface area contributed by atoms with Crippen molar-refractivity contribution in [1.29, 1.82) is 0 Å². The zero-order chi connectivity index (χ0) is 24.0. The number of esters is 1. The summed E-state index contributed by atoms with van der Waals surface area (Å²) in [6.45, 7) is 2.42. The highest BCUT2D eigenvalue weighted by Gasteiger charge is 2.24. The summed E-state index contributed by atoms with van der Waals surface area (Å²) >= 11 is 0.731. The van der Waals surface area contributed by atoms with Crippen LogP contribution in [0.15, 0.2) is 36.4 Å². The molecule has 0 bridgehead atoms. The molecule has 2 amide bonds. The molecule has 0 fully saturated rings. The van der Waals surface area contributed by atoms with Gasteiger partial charge >= 0.3 is 5.97 Å². The largest absolute Gasteiger partial charge is 0.426 e. The van der Waals surface area contributed by atoms with Crippen molar-refractivity contribution in [2.75, 3.05) is 19.8 Å². The Labute approximate surface area is 188 Å². The zero-order valence-corrected chi connectivity index (χ0v) is 18.7. The van der Waals surface area contributed by atoms with Gasteiger partial charge in [0.1, 0.15) is 23.4 Å². The highest BCUT2D eigenvalue weighted by molar-refractivity contribution is 8.14. The molecule has 0 aliphatic rings. The first-order valence-electron chi connectivity index (χ1n) is 9.43. The summed E-state index contributed by atoms with van der Waals surface area (Å²) in [5.74, 6) is -3.19. The molecule has 10 heteroatoms. The van der Waals surface area contributed by atoms with Crippen LogP contribution in [0.4, 0.5) is 8.78 Å². The van der Waals surface area contributed by atoms with E-state index in [0.29, 0.717) is 0 Å². The van der Waals surface area contributed by atoms with Crippen molar-refractivity contribution in [2.24, 2.45) is 0 Å². The number of hydrogen-bond acceptors (Lipinski definition) is 6. The smallest absolute Gasteiger partial charge is 0.308 e. The number of amides is 2. The molecule has 32 heavy (non-hydrogen) atoms. The Hall–Kier alpha value is -3.27. The van der Waals surface area contributed by atoms with E-state index in [1.165, 1.54) is 50.2 Å². The molecule has 1 N–H and O–H groups in total. The summed E-state index contributed by atoms with van der Waals surface area (Å²) in [6, 6.07) is 6.18. The van der Waals surface area contributed by atoms with Crippen molar-refractivity contribution in [3.63, 3.8) is 0 Å². The minimum absolute atomic E-state index is 0.0368. The van der Waals surface area contributed by atoms with Crippen molar-refractivity contribution >= 4 is 34.7 Å². The number of rotatable bonds is 7. The zero-order valence-electron chi connectivity index (χ0n) is 17.9. The van der Waals surface area contributed by atoms with E-state index in [0.717, 1.165) is 30.8 Å². The van der Waals surface area contributed by atoms with Gasteiger partial charge in [0, 0.05) is 45.3 Å². The Morgan fingerprint density at radius 3 is 2.31 bits per heavy atom. The molecular formula is C22H22F2N2O5S. The van der Waals surface area contributed by atoms with E-state index in [1.807, 2.05) is 0 Å². The van der Waals surface area contributed by atoms with Crippen LogP contribution >= 0.6 is 11.8 Å². The van der Waals surface area contributed by atoms with Crippen LogP contribution in [0.1, 0.15) is 24.2 Å².